The second-order valence-electron chi connectivity index (χ2n) is 1.19. The summed E-state index contributed by atoms with van der Waals surface area (Å²) in [4.78, 5) is 7.88. The predicted molar refractivity (Wildman–Crippen MR) is 34.5 cm³/mol. The van der Waals surface area contributed by atoms with Gasteiger partial charge in [-0.3, -0.25) is 0 Å². The molecule has 0 atom stereocenters. The zero-order valence-electron chi connectivity index (χ0n) is 5.69. The quantitative estimate of drug-likeness (QED) is 0.340. The summed E-state index contributed by atoms with van der Waals surface area (Å²) in [5.41, 5.74) is 0. The lowest BCUT2D eigenvalue weighted by atomic mass is 10.8. The molecule has 6 heteroatoms. The van der Waals surface area contributed by atoms with E-state index in [0.717, 1.165) is 0 Å². The van der Waals surface area contributed by atoms with Gasteiger partial charge in [0.05, 0.1) is 26.4 Å². The zero-order chi connectivity index (χ0) is 8.24. The molecule has 0 saturated carbocycles. The molecule has 0 unspecified atom stereocenters. The topological polar surface area (TPSA) is 111 Å². The SMILES string of the molecule is NOCCO.NOCCO. The molecule has 0 rings (SSSR count). The molecular formula is C4H14N2O4. The molecule has 0 aliphatic rings. The first kappa shape index (κ1) is 12.4. The van der Waals surface area contributed by atoms with Crippen molar-refractivity contribution >= 4 is 0 Å². The largest absolute Gasteiger partial charge is 0.394 e. The van der Waals surface area contributed by atoms with Crippen LogP contribution in [0.15, 0.2) is 0 Å². The number of hydrogen-bond acceptors (Lipinski definition) is 6. The van der Waals surface area contributed by atoms with E-state index in [1.54, 1.807) is 0 Å². The van der Waals surface area contributed by atoms with Crippen LogP contribution in [0.5, 0.6) is 0 Å². The van der Waals surface area contributed by atoms with Crippen molar-refractivity contribution in [3.63, 3.8) is 0 Å². The molecule has 0 fully saturated rings. The molecule has 0 bridgehead atoms. The van der Waals surface area contributed by atoms with Gasteiger partial charge in [-0.1, -0.05) is 0 Å². The van der Waals surface area contributed by atoms with Crippen molar-refractivity contribution in [3.05, 3.63) is 0 Å². The molecule has 0 heterocycles. The number of hydrogen-bond donors (Lipinski definition) is 4. The predicted octanol–water partition coefficient (Wildman–Crippen LogP) is -2.26. The van der Waals surface area contributed by atoms with Crippen LogP contribution in [0.4, 0.5) is 0 Å². The Labute approximate surface area is 59.2 Å². The summed E-state index contributed by atoms with van der Waals surface area (Å²) in [7, 11) is 0. The molecule has 0 saturated heterocycles. The third kappa shape index (κ3) is 25.1. The lowest BCUT2D eigenvalue weighted by Crippen LogP contribution is -2.03. The lowest BCUT2D eigenvalue weighted by Gasteiger charge is -1.83. The van der Waals surface area contributed by atoms with Gasteiger partial charge in [0, 0.05) is 0 Å². The highest BCUT2D eigenvalue weighted by molar-refractivity contribution is 4.11. The van der Waals surface area contributed by atoms with E-state index < -0.39 is 0 Å². The molecular weight excluding hydrogens is 140 g/mol. The number of nitrogens with two attached hydrogens (primary N) is 2. The van der Waals surface area contributed by atoms with Crippen LogP contribution in [-0.2, 0) is 9.68 Å². The third-order valence-corrected chi connectivity index (χ3v) is 0.418. The summed E-state index contributed by atoms with van der Waals surface area (Å²) in [5, 5.41) is 15.7. The van der Waals surface area contributed by atoms with Crippen molar-refractivity contribution in [3.8, 4) is 0 Å². The molecule has 0 aromatic heterocycles. The van der Waals surface area contributed by atoms with E-state index in [-0.39, 0.29) is 26.4 Å². The van der Waals surface area contributed by atoms with Crippen LogP contribution in [-0.4, -0.2) is 36.6 Å². The second-order valence-corrected chi connectivity index (χ2v) is 1.19. The zero-order valence-corrected chi connectivity index (χ0v) is 5.69. The highest BCUT2D eigenvalue weighted by atomic mass is 16.6. The van der Waals surface area contributed by atoms with Crippen molar-refractivity contribution in [2.24, 2.45) is 11.8 Å². The summed E-state index contributed by atoms with van der Waals surface area (Å²) < 4.78 is 0. The maximum Gasteiger partial charge on any atom is 0.0910 e. The first-order chi connectivity index (χ1) is 4.83. The molecule has 0 amide bonds. The van der Waals surface area contributed by atoms with E-state index in [1.165, 1.54) is 0 Å². The highest BCUT2D eigenvalue weighted by Crippen LogP contribution is 1.51. The van der Waals surface area contributed by atoms with Gasteiger partial charge in [0.25, 0.3) is 0 Å². The summed E-state index contributed by atoms with van der Waals surface area (Å²) in [6, 6.07) is 0. The summed E-state index contributed by atoms with van der Waals surface area (Å²) in [6.07, 6.45) is 0. The average Bonchev–Trinajstić information content (AvgIpc) is 1.93. The smallest absolute Gasteiger partial charge is 0.0910 e. The Bertz CT molecular complexity index is 36.2. The summed E-state index contributed by atoms with van der Waals surface area (Å²) in [5.74, 6) is 8.96. The molecule has 6 N–H and O–H groups in total. The first-order valence-corrected chi connectivity index (χ1v) is 2.68. The second kappa shape index (κ2) is 15.9. The van der Waals surface area contributed by atoms with Gasteiger partial charge in [-0.2, -0.15) is 0 Å². The Balaban J connectivity index is 0. The van der Waals surface area contributed by atoms with Gasteiger partial charge in [0.2, 0.25) is 0 Å². The molecule has 0 aromatic rings. The number of rotatable bonds is 4. The van der Waals surface area contributed by atoms with E-state index in [1.807, 2.05) is 0 Å². The minimum Gasteiger partial charge on any atom is -0.394 e. The summed E-state index contributed by atoms with van der Waals surface area (Å²) in [6.45, 7) is 0.438. The van der Waals surface area contributed by atoms with E-state index in [2.05, 4.69) is 21.5 Å². The number of aliphatic hydroxyl groups excluding tert-OH is 2. The van der Waals surface area contributed by atoms with Crippen molar-refractivity contribution in [1.29, 1.82) is 0 Å². The van der Waals surface area contributed by atoms with Crippen molar-refractivity contribution in [2.75, 3.05) is 26.4 Å². The fourth-order valence-corrected chi connectivity index (χ4v) is 0.105. The van der Waals surface area contributed by atoms with Crippen LogP contribution in [0.25, 0.3) is 0 Å². The van der Waals surface area contributed by atoms with Gasteiger partial charge in [-0.25, -0.2) is 11.8 Å². The molecule has 0 aliphatic carbocycles. The molecule has 6 nitrogen and oxygen atoms in total. The molecule has 0 aromatic carbocycles. The molecule has 64 valence electrons. The Morgan fingerprint density at radius 1 is 0.900 bits per heavy atom. The average molecular weight is 154 g/mol. The minimum atomic E-state index is -0.00347. The Kier molecular flexibility index (Phi) is 19.8. The van der Waals surface area contributed by atoms with Gasteiger partial charge in [0.15, 0.2) is 0 Å². The van der Waals surface area contributed by atoms with Crippen molar-refractivity contribution < 1.29 is 19.9 Å². The first-order valence-electron chi connectivity index (χ1n) is 2.68. The normalized spacial score (nSPS) is 8.40. The monoisotopic (exact) mass is 154 g/mol. The van der Waals surface area contributed by atoms with E-state index in [9.17, 15) is 0 Å². The number of aliphatic hydroxyl groups is 2. The van der Waals surface area contributed by atoms with Gasteiger partial charge >= 0.3 is 0 Å². The van der Waals surface area contributed by atoms with Gasteiger partial charge in [-0.15, -0.1) is 0 Å². The fraction of sp³-hybridized carbons (Fsp3) is 1.00. The molecule has 0 radical (unpaired) electrons. The van der Waals surface area contributed by atoms with Crippen LogP contribution < -0.4 is 11.8 Å². The highest BCUT2D eigenvalue weighted by Gasteiger charge is 1.68. The Hall–Kier alpha value is -0.240. The third-order valence-electron chi connectivity index (χ3n) is 0.418. The van der Waals surface area contributed by atoms with Gasteiger partial charge < -0.3 is 19.9 Å². The van der Waals surface area contributed by atoms with Crippen LogP contribution in [0.1, 0.15) is 0 Å². The van der Waals surface area contributed by atoms with Gasteiger partial charge in [-0.05, 0) is 0 Å². The van der Waals surface area contributed by atoms with Crippen LogP contribution in [0, 0.1) is 0 Å². The van der Waals surface area contributed by atoms with E-state index >= 15 is 0 Å². The molecule has 0 spiro atoms. The molecule has 10 heavy (non-hydrogen) atoms. The van der Waals surface area contributed by atoms with Crippen LogP contribution >= 0.6 is 0 Å². The standard InChI is InChI=1S/2C2H7NO2/c2*3-5-2-1-4/h2*4H,1-3H2. The van der Waals surface area contributed by atoms with Crippen LogP contribution in [0.3, 0.4) is 0 Å². The molecule has 0 aliphatic heterocycles. The van der Waals surface area contributed by atoms with Crippen molar-refractivity contribution in [2.45, 2.75) is 0 Å². The minimum absolute atomic E-state index is 0.00347. The van der Waals surface area contributed by atoms with Crippen molar-refractivity contribution in [1.82, 2.24) is 0 Å². The summed E-state index contributed by atoms with van der Waals surface area (Å²) >= 11 is 0. The maximum absolute atomic E-state index is 7.86. The van der Waals surface area contributed by atoms with Gasteiger partial charge in [0.1, 0.15) is 0 Å². The van der Waals surface area contributed by atoms with E-state index in [4.69, 9.17) is 10.2 Å². The van der Waals surface area contributed by atoms with E-state index in [0.29, 0.717) is 0 Å². The maximum atomic E-state index is 7.86. The fourth-order valence-electron chi connectivity index (χ4n) is 0.105. The van der Waals surface area contributed by atoms with Crippen LogP contribution in [0.2, 0.25) is 0 Å². The Morgan fingerprint density at radius 2 is 1.20 bits per heavy atom. The Morgan fingerprint density at radius 3 is 1.20 bits per heavy atom. The lowest BCUT2D eigenvalue weighted by molar-refractivity contribution is 0.0938.